The lowest BCUT2D eigenvalue weighted by Crippen LogP contribution is -2.38. The van der Waals surface area contributed by atoms with Crippen LogP contribution in [0.5, 0.6) is 0 Å². The number of rotatable bonds is 14. The molecule has 1 saturated carbocycles. The van der Waals surface area contributed by atoms with Crippen LogP contribution < -0.4 is 10.6 Å². The van der Waals surface area contributed by atoms with Crippen LogP contribution in [0.4, 0.5) is 5.69 Å². The van der Waals surface area contributed by atoms with Crippen molar-refractivity contribution >= 4 is 24.1 Å². The summed E-state index contributed by atoms with van der Waals surface area (Å²) in [6.07, 6.45) is 19.4. The Labute approximate surface area is 315 Å². The van der Waals surface area contributed by atoms with Crippen LogP contribution in [0.1, 0.15) is 118 Å². The number of carbonyl (C=O) groups is 1. The van der Waals surface area contributed by atoms with E-state index in [-0.39, 0.29) is 0 Å². The number of hydrogen-bond acceptors (Lipinski definition) is 5. The Hall–Kier alpha value is -3.80. The van der Waals surface area contributed by atoms with Gasteiger partial charge < -0.3 is 15.4 Å². The van der Waals surface area contributed by atoms with Gasteiger partial charge >= 0.3 is 0 Å². The minimum atomic E-state index is 0.639. The lowest BCUT2D eigenvalue weighted by Gasteiger charge is -2.34. The predicted octanol–water partition coefficient (Wildman–Crippen LogP) is 12.5. The van der Waals surface area contributed by atoms with E-state index in [1.54, 1.807) is 6.08 Å². The summed E-state index contributed by atoms with van der Waals surface area (Å²) in [4.78, 5) is 13.1. The zero-order valence-electron chi connectivity index (χ0n) is 34.7. The molecule has 0 unspecified atom stereocenters. The van der Waals surface area contributed by atoms with Gasteiger partial charge in [0.05, 0.1) is 5.69 Å². The highest BCUT2D eigenvalue weighted by Gasteiger charge is 2.25. The molecular weight excluding hydrogens is 627 g/mol. The highest BCUT2D eigenvalue weighted by molar-refractivity contribution is 5.63. The Kier molecular flexibility index (Phi) is 36.4. The van der Waals surface area contributed by atoms with Crippen molar-refractivity contribution in [2.45, 2.75) is 114 Å². The van der Waals surface area contributed by atoms with Gasteiger partial charge in [-0.15, -0.1) is 0 Å². The second kappa shape index (κ2) is 36.0. The van der Waals surface area contributed by atoms with Crippen molar-refractivity contribution < 1.29 is 9.53 Å². The van der Waals surface area contributed by atoms with Gasteiger partial charge in [-0.1, -0.05) is 109 Å². The number of hydrogen-bond donors (Lipinski definition) is 2. The van der Waals surface area contributed by atoms with Crippen LogP contribution in [0.3, 0.4) is 0 Å². The monoisotopic (exact) mass is 702 g/mol. The zero-order chi connectivity index (χ0) is 39.5. The SMILES string of the molecule is C=C(C)C(/C=C/c1ccc(NC)cc1)=C(C)\C(C)=C/C.C=CC=O.C=Cc1cc(CC)ccn1.CC.CCC1CC(NC)C1.CCCOCCC. The molecular formula is C46H75N3O2. The maximum absolute atomic E-state index is 9.06. The van der Waals surface area contributed by atoms with Gasteiger partial charge in [-0.25, -0.2) is 0 Å². The summed E-state index contributed by atoms with van der Waals surface area (Å²) in [6, 6.07) is 13.3. The van der Waals surface area contributed by atoms with E-state index in [9.17, 15) is 0 Å². The van der Waals surface area contributed by atoms with E-state index in [0.29, 0.717) is 6.29 Å². The first-order chi connectivity index (χ1) is 24.5. The number of aromatic nitrogens is 1. The van der Waals surface area contributed by atoms with Crippen LogP contribution >= 0.6 is 0 Å². The smallest absolute Gasteiger partial charge is 0.142 e. The summed E-state index contributed by atoms with van der Waals surface area (Å²) in [5.74, 6) is 1.03. The third-order valence-electron chi connectivity index (χ3n) is 8.01. The summed E-state index contributed by atoms with van der Waals surface area (Å²) in [6.45, 7) is 33.7. The number of nitrogens with one attached hydrogen (secondary N) is 2. The number of ether oxygens (including phenoxy) is 1. The number of benzene rings is 1. The molecule has 0 saturated heterocycles. The standard InChI is InChI=1S/C19H25N.C9H11N.C7H15N.C6H14O.C3H4O.C2H6/c1-7-15(4)16(5)19(14(2)3)13-10-17-8-11-18(20-6)12-9-17;1-3-8-5-6-10-9(4-2)7-8;1-3-6-4-7(5-6)8-2;1-3-5-7-6-4-2;1-2-3-4;1-2/h7-13,20H,2H2,1,3-6H3;4-7H,2-3H2,1H3;6-8H,3-5H2,1-2H3;3-6H2,1-2H3;2-3H,1H2;1-2H3/b13-10+,15-7-,19-16-;;;;;. The van der Waals surface area contributed by atoms with Crippen molar-refractivity contribution in [1.82, 2.24) is 10.3 Å². The number of allylic oxidation sites excluding steroid dienone is 7. The third kappa shape index (κ3) is 26.6. The summed E-state index contributed by atoms with van der Waals surface area (Å²) in [5.41, 5.74) is 9.45. The first-order valence-electron chi connectivity index (χ1n) is 18.9. The molecule has 0 spiro atoms. The normalized spacial score (nSPS) is 14.6. The average Bonchev–Trinajstić information content (AvgIpc) is 3.16. The van der Waals surface area contributed by atoms with Crippen LogP contribution in [0.2, 0.25) is 0 Å². The highest BCUT2D eigenvalue weighted by atomic mass is 16.5. The molecule has 1 aromatic heterocycles. The van der Waals surface area contributed by atoms with Crippen molar-refractivity contribution in [2.24, 2.45) is 5.92 Å². The maximum Gasteiger partial charge on any atom is 0.142 e. The van der Waals surface area contributed by atoms with Gasteiger partial charge in [0.1, 0.15) is 6.29 Å². The van der Waals surface area contributed by atoms with Gasteiger partial charge in [0.15, 0.2) is 0 Å². The van der Waals surface area contributed by atoms with Crippen LogP contribution in [0.25, 0.3) is 12.2 Å². The molecule has 1 heterocycles. The summed E-state index contributed by atoms with van der Waals surface area (Å²) < 4.78 is 5.13. The van der Waals surface area contributed by atoms with Gasteiger partial charge in [0.25, 0.3) is 0 Å². The molecule has 0 bridgehead atoms. The van der Waals surface area contributed by atoms with E-state index >= 15 is 0 Å². The number of nitrogens with zero attached hydrogens (tertiary/aromatic N) is 1. The van der Waals surface area contributed by atoms with Crippen molar-refractivity contribution in [2.75, 3.05) is 32.6 Å². The highest BCUT2D eigenvalue weighted by Crippen LogP contribution is 2.29. The van der Waals surface area contributed by atoms with Crippen LogP contribution in [-0.2, 0) is 16.0 Å². The van der Waals surface area contributed by atoms with E-state index in [2.05, 4.69) is 140 Å². The van der Waals surface area contributed by atoms with E-state index in [0.717, 1.165) is 61.4 Å². The largest absolute Gasteiger partial charge is 0.388 e. The Morgan fingerprint density at radius 1 is 0.961 bits per heavy atom. The Morgan fingerprint density at radius 3 is 1.92 bits per heavy atom. The van der Waals surface area contributed by atoms with Gasteiger partial charge in [-0.05, 0) is 131 Å². The molecule has 3 rings (SSSR count). The Morgan fingerprint density at radius 2 is 1.53 bits per heavy atom. The lowest BCUT2D eigenvalue weighted by molar-refractivity contribution is -0.104. The van der Waals surface area contributed by atoms with E-state index < -0.39 is 0 Å². The van der Waals surface area contributed by atoms with Gasteiger partial charge in [-0.2, -0.15) is 0 Å². The molecule has 1 fully saturated rings. The van der Waals surface area contributed by atoms with Gasteiger partial charge in [0, 0.05) is 38.2 Å². The van der Waals surface area contributed by atoms with Crippen molar-refractivity contribution in [1.29, 1.82) is 0 Å². The number of carbonyl (C=O) groups excluding carboxylic acids is 1. The third-order valence-corrected chi connectivity index (χ3v) is 8.01. The summed E-state index contributed by atoms with van der Waals surface area (Å²) >= 11 is 0. The number of aldehydes is 1. The predicted molar refractivity (Wildman–Crippen MR) is 231 cm³/mol. The first kappa shape index (κ1) is 51.6. The number of aryl methyl sites for hydroxylation is 1. The molecule has 1 aliphatic rings. The minimum Gasteiger partial charge on any atom is -0.388 e. The molecule has 2 aromatic rings. The molecule has 0 amide bonds. The van der Waals surface area contributed by atoms with Gasteiger partial charge in [-0.3, -0.25) is 9.78 Å². The van der Waals surface area contributed by atoms with Crippen LogP contribution in [0.15, 0.2) is 103 Å². The summed E-state index contributed by atoms with van der Waals surface area (Å²) in [7, 11) is 3.98. The van der Waals surface area contributed by atoms with Crippen LogP contribution in [-0.4, -0.2) is 44.6 Å². The first-order valence-corrected chi connectivity index (χ1v) is 18.9. The topological polar surface area (TPSA) is 63.2 Å². The molecule has 1 aromatic carbocycles. The van der Waals surface area contributed by atoms with E-state index in [1.807, 2.05) is 39.2 Å². The lowest BCUT2D eigenvalue weighted by atomic mass is 9.79. The van der Waals surface area contributed by atoms with Crippen molar-refractivity contribution in [3.8, 4) is 0 Å². The molecule has 51 heavy (non-hydrogen) atoms. The molecule has 1 aliphatic carbocycles. The Bertz CT molecular complexity index is 1250. The second-order valence-corrected chi connectivity index (χ2v) is 11.9. The quantitative estimate of drug-likeness (QED) is 0.0888. The van der Waals surface area contributed by atoms with E-state index in [1.165, 1.54) is 53.2 Å². The van der Waals surface area contributed by atoms with E-state index in [4.69, 9.17) is 9.53 Å². The van der Waals surface area contributed by atoms with Gasteiger partial charge in [0.2, 0.25) is 0 Å². The number of pyridine rings is 1. The zero-order valence-corrected chi connectivity index (χ0v) is 34.7. The molecule has 2 N–H and O–H groups in total. The minimum absolute atomic E-state index is 0.639. The molecule has 0 radical (unpaired) electrons. The fourth-order valence-electron chi connectivity index (χ4n) is 4.48. The average molecular weight is 702 g/mol. The Balaban J connectivity index is -0.000000622. The fraction of sp³-hybridized carbons (Fsp3) is 0.478. The molecule has 5 nitrogen and oxygen atoms in total. The molecule has 286 valence electrons. The van der Waals surface area contributed by atoms with Crippen molar-refractivity contribution in [3.63, 3.8) is 0 Å². The maximum atomic E-state index is 9.06. The second-order valence-electron chi connectivity index (χ2n) is 11.9. The van der Waals surface area contributed by atoms with Crippen molar-refractivity contribution in [3.05, 3.63) is 120 Å². The fourth-order valence-corrected chi connectivity index (χ4v) is 4.48. The molecule has 0 aliphatic heterocycles. The number of anilines is 1. The van der Waals surface area contributed by atoms with Crippen LogP contribution in [0, 0.1) is 5.92 Å². The summed E-state index contributed by atoms with van der Waals surface area (Å²) in [5, 5.41) is 6.39. The molecule has 5 heteroatoms. The molecule has 0 atom stereocenters.